The Hall–Kier alpha value is -0.640. The van der Waals surface area contributed by atoms with Gasteiger partial charge in [0.25, 0.3) is 0 Å². The number of halogens is 2. The SMILES string of the molecule is O=C(O)C1C=C(F)C(Br)=CC1. The number of aliphatic carboxylic acids is 1. The molecule has 0 heterocycles. The lowest BCUT2D eigenvalue weighted by molar-refractivity contribution is -0.140. The summed E-state index contributed by atoms with van der Waals surface area (Å²) in [6, 6.07) is 0. The fourth-order valence-electron chi connectivity index (χ4n) is 0.824. The molecule has 0 aromatic heterocycles. The summed E-state index contributed by atoms with van der Waals surface area (Å²) in [7, 11) is 0. The quantitative estimate of drug-likeness (QED) is 0.736. The molecule has 2 nitrogen and oxygen atoms in total. The average molecular weight is 221 g/mol. The first kappa shape index (κ1) is 8.46. The Bertz CT molecular complexity index is 245. The monoisotopic (exact) mass is 220 g/mol. The third kappa shape index (κ3) is 1.89. The van der Waals surface area contributed by atoms with E-state index in [0.29, 0.717) is 10.9 Å². The molecule has 0 aliphatic heterocycles. The van der Waals surface area contributed by atoms with Crippen LogP contribution in [0.2, 0.25) is 0 Å². The lowest BCUT2D eigenvalue weighted by atomic mass is 10.0. The van der Waals surface area contributed by atoms with Crippen LogP contribution in [0, 0.1) is 5.92 Å². The molecule has 1 N–H and O–H groups in total. The topological polar surface area (TPSA) is 37.3 Å². The molecule has 0 aromatic carbocycles. The van der Waals surface area contributed by atoms with Gasteiger partial charge in [-0.25, -0.2) is 4.39 Å². The first-order valence-corrected chi connectivity index (χ1v) is 3.86. The number of hydrogen-bond donors (Lipinski definition) is 1. The van der Waals surface area contributed by atoms with E-state index >= 15 is 0 Å². The molecule has 0 fully saturated rings. The molecule has 1 unspecified atom stereocenters. The van der Waals surface area contributed by atoms with Crippen molar-refractivity contribution in [3.63, 3.8) is 0 Å². The van der Waals surface area contributed by atoms with Gasteiger partial charge in [-0.3, -0.25) is 4.79 Å². The summed E-state index contributed by atoms with van der Waals surface area (Å²) in [6.07, 6.45) is 2.98. The van der Waals surface area contributed by atoms with Crippen LogP contribution in [0.3, 0.4) is 0 Å². The smallest absolute Gasteiger partial charge is 0.310 e. The Morgan fingerprint density at radius 3 is 2.91 bits per heavy atom. The molecule has 0 bridgehead atoms. The zero-order valence-electron chi connectivity index (χ0n) is 5.55. The van der Waals surface area contributed by atoms with E-state index in [-0.39, 0.29) is 0 Å². The minimum absolute atomic E-state index is 0.343. The number of carbonyl (C=O) groups is 1. The average Bonchev–Trinajstić information content (AvgIpc) is 1.94. The summed E-state index contributed by atoms with van der Waals surface area (Å²) >= 11 is 2.96. The third-order valence-corrected chi connectivity index (χ3v) is 2.15. The van der Waals surface area contributed by atoms with E-state index < -0.39 is 17.7 Å². The van der Waals surface area contributed by atoms with Crippen molar-refractivity contribution in [2.75, 3.05) is 0 Å². The Morgan fingerprint density at radius 2 is 2.45 bits per heavy atom. The zero-order chi connectivity index (χ0) is 8.43. The number of allylic oxidation sites excluding steroid dienone is 3. The van der Waals surface area contributed by atoms with Crippen molar-refractivity contribution >= 4 is 21.9 Å². The van der Waals surface area contributed by atoms with Crippen molar-refractivity contribution in [3.05, 3.63) is 22.5 Å². The fraction of sp³-hybridized carbons (Fsp3) is 0.286. The summed E-state index contributed by atoms with van der Waals surface area (Å²) in [5.41, 5.74) is 0. The molecule has 1 atom stereocenters. The Morgan fingerprint density at radius 1 is 1.82 bits per heavy atom. The van der Waals surface area contributed by atoms with Crippen molar-refractivity contribution < 1.29 is 14.3 Å². The molecule has 0 aromatic rings. The third-order valence-electron chi connectivity index (χ3n) is 1.44. The van der Waals surface area contributed by atoms with Crippen LogP contribution in [0.5, 0.6) is 0 Å². The number of hydrogen-bond acceptors (Lipinski definition) is 1. The van der Waals surface area contributed by atoms with Crippen molar-refractivity contribution in [3.8, 4) is 0 Å². The van der Waals surface area contributed by atoms with E-state index in [2.05, 4.69) is 15.9 Å². The summed E-state index contributed by atoms with van der Waals surface area (Å²) in [5, 5.41) is 8.49. The van der Waals surface area contributed by atoms with Gasteiger partial charge >= 0.3 is 5.97 Å². The van der Waals surface area contributed by atoms with Crippen molar-refractivity contribution in [2.24, 2.45) is 5.92 Å². The van der Waals surface area contributed by atoms with Crippen LogP contribution in [0.4, 0.5) is 4.39 Å². The standard InChI is InChI=1S/C7H6BrFO2/c8-5-2-1-4(7(10)11)3-6(5)9/h2-4H,1H2,(H,10,11). The van der Waals surface area contributed by atoms with Gasteiger partial charge in [-0.1, -0.05) is 6.08 Å². The van der Waals surface area contributed by atoms with Crippen LogP contribution in [0.15, 0.2) is 22.5 Å². The second kappa shape index (κ2) is 3.17. The Kier molecular flexibility index (Phi) is 2.44. The van der Waals surface area contributed by atoms with E-state index in [9.17, 15) is 9.18 Å². The van der Waals surface area contributed by atoms with Gasteiger partial charge in [0, 0.05) is 4.48 Å². The normalized spacial score (nSPS) is 24.0. The summed E-state index contributed by atoms with van der Waals surface area (Å²) < 4.78 is 13.0. The van der Waals surface area contributed by atoms with E-state index in [1.54, 1.807) is 0 Å². The lowest BCUT2D eigenvalue weighted by Gasteiger charge is -2.09. The predicted octanol–water partition coefficient (Wildman–Crippen LogP) is 2.22. The van der Waals surface area contributed by atoms with Crippen LogP contribution < -0.4 is 0 Å². The molecular formula is C7H6BrFO2. The summed E-state index contributed by atoms with van der Waals surface area (Å²) in [5.74, 6) is -2.20. The predicted molar refractivity (Wildman–Crippen MR) is 41.9 cm³/mol. The van der Waals surface area contributed by atoms with Gasteiger partial charge in [0.2, 0.25) is 0 Å². The summed E-state index contributed by atoms with van der Waals surface area (Å²) in [6.45, 7) is 0. The minimum atomic E-state index is -0.989. The molecule has 0 spiro atoms. The molecule has 0 amide bonds. The van der Waals surface area contributed by atoms with Crippen LogP contribution >= 0.6 is 15.9 Å². The number of rotatable bonds is 1. The highest BCUT2D eigenvalue weighted by Crippen LogP contribution is 2.27. The number of carboxylic acids is 1. The van der Waals surface area contributed by atoms with Crippen LogP contribution in [0.1, 0.15) is 6.42 Å². The largest absolute Gasteiger partial charge is 0.481 e. The molecule has 4 heteroatoms. The molecular weight excluding hydrogens is 215 g/mol. The fourth-order valence-corrected chi connectivity index (χ4v) is 1.14. The van der Waals surface area contributed by atoms with E-state index in [1.165, 1.54) is 6.08 Å². The van der Waals surface area contributed by atoms with Gasteiger partial charge in [0.15, 0.2) is 0 Å². The Balaban J connectivity index is 2.77. The van der Waals surface area contributed by atoms with Gasteiger partial charge in [0.1, 0.15) is 5.83 Å². The van der Waals surface area contributed by atoms with Gasteiger partial charge in [-0.15, -0.1) is 0 Å². The van der Waals surface area contributed by atoms with Crippen molar-refractivity contribution in [1.82, 2.24) is 0 Å². The van der Waals surface area contributed by atoms with E-state index in [4.69, 9.17) is 5.11 Å². The van der Waals surface area contributed by atoms with E-state index in [0.717, 1.165) is 6.08 Å². The first-order chi connectivity index (χ1) is 5.11. The molecule has 1 rings (SSSR count). The highest BCUT2D eigenvalue weighted by Gasteiger charge is 2.19. The molecule has 11 heavy (non-hydrogen) atoms. The summed E-state index contributed by atoms with van der Waals surface area (Å²) in [4.78, 5) is 10.4. The molecule has 0 saturated heterocycles. The van der Waals surface area contributed by atoms with Gasteiger partial charge < -0.3 is 5.11 Å². The second-order valence-electron chi connectivity index (χ2n) is 2.25. The molecule has 60 valence electrons. The zero-order valence-corrected chi connectivity index (χ0v) is 7.14. The highest BCUT2D eigenvalue weighted by atomic mass is 79.9. The van der Waals surface area contributed by atoms with Crippen LogP contribution in [0.25, 0.3) is 0 Å². The second-order valence-corrected chi connectivity index (χ2v) is 3.10. The maximum absolute atomic E-state index is 12.7. The molecule has 0 saturated carbocycles. The lowest BCUT2D eigenvalue weighted by Crippen LogP contribution is -2.12. The highest BCUT2D eigenvalue weighted by molar-refractivity contribution is 9.11. The molecule has 0 radical (unpaired) electrons. The van der Waals surface area contributed by atoms with Crippen LogP contribution in [-0.4, -0.2) is 11.1 Å². The van der Waals surface area contributed by atoms with Gasteiger partial charge in [0.05, 0.1) is 5.92 Å². The number of carboxylic acid groups (broad SMARTS) is 1. The van der Waals surface area contributed by atoms with Crippen molar-refractivity contribution in [1.29, 1.82) is 0 Å². The molecule has 1 aliphatic carbocycles. The maximum Gasteiger partial charge on any atom is 0.310 e. The van der Waals surface area contributed by atoms with Crippen LogP contribution in [-0.2, 0) is 4.79 Å². The minimum Gasteiger partial charge on any atom is -0.481 e. The van der Waals surface area contributed by atoms with Gasteiger partial charge in [-0.2, -0.15) is 0 Å². The van der Waals surface area contributed by atoms with E-state index in [1.807, 2.05) is 0 Å². The van der Waals surface area contributed by atoms with Gasteiger partial charge in [-0.05, 0) is 28.4 Å². The first-order valence-electron chi connectivity index (χ1n) is 3.07. The Labute approximate surface area is 71.5 Å². The molecule has 1 aliphatic rings. The maximum atomic E-state index is 12.7. The van der Waals surface area contributed by atoms with Crippen molar-refractivity contribution in [2.45, 2.75) is 6.42 Å².